The van der Waals surface area contributed by atoms with Crippen molar-refractivity contribution in [2.45, 2.75) is 17.1 Å². The maximum absolute atomic E-state index is 14.9. The highest BCUT2D eigenvalue weighted by Gasteiger charge is 2.61. The largest absolute Gasteiger partial charge is 0.457 e. The number of nitrogens with two attached hydrogens (primary N) is 4. The van der Waals surface area contributed by atoms with Crippen LogP contribution in [-0.4, -0.2) is 13.0 Å². The van der Waals surface area contributed by atoms with Crippen molar-refractivity contribution < 1.29 is 31.9 Å². The average molecular weight is 857 g/mol. The molecule has 63 heavy (non-hydrogen) atoms. The van der Waals surface area contributed by atoms with Gasteiger partial charge in [0.1, 0.15) is 46.0 Å². The Hall–Kier alpha value is -7.93. The predicted octanol–water partition coefficient (Wildman–Crippen LogP) is 11.3. The van der Waals surface area contributed by atoms with Crippen LogP contribution in [0.15, 0.2) is 194 Å². The quantitative estimate of drug-likeness (QED) is 0.0516. The van der Waals surface area contributed by atoms with Crippen molar-refractivity contribution in [3.63, 3.8) is 0 Å². The minimum Gasteiger partial charge on any atom is -0.457 e. The monoisotopic (exact) mass is 856 g/mol. The van der Waals surface area contributed by atoms with E-state index in [2.05, 4.69) is 0 Å². The molecule has 0 atom stereocenters. The first-order valence-electron chi connectivity index (χ1n) is 19.8. The van der Waals surface area contributed by atoms with Gasteiger partial charge in [-0.05, 0) is 151 Å². The lowest BCUT2D eigenvalue weighted by molar-refractivity contribution is 0.372. The molecule has 8 rings (SSSR count). The fourth-order valence-corrected chi connectivity index (χ4v) is 9.49. The summed E-state index contributed by atoms with van der Waals surface area (Å²) in [7, 11) is -5.17. The molecule has 0 aromatic heterocycles. The highest BCUT2D eigenvalue weighted by atomic mass is 32.2. The van der Waals surface area contributed by atoms with E-state index >= 15 is 0 Å². The van der Waals surface area contributed by atoms with Crippen LogP contribution < -0.4 is 41.9 Å². The summed E-state index contributed by atoms with van der Waals surface area (Å²) in [5.74, 6) is 3.90. The van der Waals surface area contributed by atoms with Gasteiger partial charge in [0.05, 0.1) is 0 Å². The summed E-state index contributed by atoms with van der Waals surface area (Å²) in [5.41, 5.74) is 26.0. The first kappa shape index (κ1) is 41.8. The molecule has 0 unspecified atom stereocenters. The molecule has 8 aromatic rings. The van der Waals surface area contributed by atoms with Gasteiger partial charge in [0.15, 0.2) is 4.75 Å². The van der Waals surface area contributed by atoms with Gasteiger partial charge in [0.25, 0.3) is 10.1 Å². The second kappa shape index (κ2) is 17.2. The van der Waals surface area contributed by atoms with Crippen LogP contribution in [0.1, 0.15) is 29.2 Å². The third-order valence-corrected chi connectivity index (χ3v) is 12.5. The third kappa shape index (κ3) is 8.67. The maximum Gasteiger partial charge on any atom is 0.280 e. The number of benzene rings is 8. The molecule has 11 nitrogen and oxygen atoms in total. The lowest BCUT2D eigenvalue weighted by Gasteiger charge is -2.48. The summed E-state index contributed by atoms with van der Waals surface area (Å²) in [6.45, 7) is 1.79. The van der Waals surface area contributed by atoms with E-state index in [1.807, 2.05) is 0 Å². The minimum atomic E-state index is -5.17. The summed E-state index contributed by atoms with van der Waals surface area (Å²) in [4.78, 5) is 0. The van der Waals surface area contributed by atoms with Gasteiger partial charge in [0.2, 0.25) is 0 Å². The van der Waals surface area contributed by atoms with Crippen LogP contribution in [0.3, 0.4) is 0 Å². The summed E-state index contributed by atoms with van der Waals surface area (Å²) in [6, 6.07) is 55.2. The Morgan fingerprint density at radius 2 is 0.635 bits per heavy atom. The standard InChI is InChI=1S/C51H44N4O7S/c1-50(34-8-20-42(21-9-34)59-46-28-16-38(52)17-29-46,35-10-22-43(23-11-35)60-47-30-18-39(53)19-31-47)51(63(56,57)58,36-12-24-44(25-13-36)61-48-6-2-4-40(54)32-48)37-14-26-45(27-15-37)62-49-7-3-5-41(55)33-49/h2-33H,52-55H2,1H3,(H,56,57,58). The fraction of sp³-hybridized carbons (Fsp3) is 0.0588. The van der Waals surface area contributed by atoms with Crippen molar-refractivity contribution in [2.24, 2.45) is 0 Å². The minimum absolute atomic E-state index is 0.237. The molecule has 0 aliphatic heterocycles. The topological polar surface area (TPSA) is 195 Å². The molecule has 316 valence electrons. The van der Waals surface area contributed by atoms with Crippen LogP contribution in [0.25, 0.3) is 0 Å². The van der Waals surface area contributed by atoms with Gasteiger partial charge in [0, 0.05) is 40.3 Å². The summed E-state index contributed by atoms with van der Waals surface area (Å²) in [5, 5.41) is 0. The molecule has 0 heterocycles. The first-order chi connectivity index (χ1) is 30.3. The van der Waals surface area contributed by atoms with Crippen LogP contribution in [0.2, 0.25) is 0 Å². The Labute approximate surface area is 365 Å². The Morgan fingerprint density at radius 3 is 0.921 bits per heavy atom. The van der Waals surface area contributed by atoms with E-state index in [0.717, 1.165) is 0 Å². The number of hydrogen-bond donors (Lipinski definition) is 5. The van der Waals surface area contributed by atoms with E-state index in [0.29, 0.717) is 79.9 Å². The number of nitrogen functional groups attached to an aromatic ring is 4. The van der Waals surface area contributed by atoms with Crippen molar-refractivity contribution in [2.75, 3.05) is 22.9 Å². The molecule has 9 N–H and O–H groups in total. The number of hydrogen-bond acceptors (Lipinski definition) is 10. The van der Waals surface area contributed by atoms with E-state index in [1.165, 1.54) is 0 Å². The molecule has 0 spiro atoms. The molecule has 0 saturated carbocycles. The molecule has 0 fully saturated rings. The molecular weight excluding hydrogens is 813 g/mol. The zero-order valence-corrected chi connectivity index (χ0v) is 34.9. The second-order valence-corrected chi connectivity index (χ2v) is 16.6. The van der Waals surface area contributed by atoms with Gasteiger partial charge in [-0.1, -0.05) is 60.7 Å². The predicted molar refractivity (Wildman–Crippen MR) is 248 cm³/mol. The SMILES string of the molecule is CC(c1ccc(Oc2ccc(N)cc2)cc1)(c1ccc(Oc2ccc(N)cc2)cc1)C(c1ccc(Oc2cccc(N)c2)cc1)(c1ccc(Oc2cccc(N)c2)cc1)S(=O)(=O)O. The third-order valence-electron chi connectivity index (χ3n) is 10.9. The molecule has 0 saturated heterocycles. The molecular formula is C51H44N4O7S. The molecule has 0 aliphatic carbocycles. The lowest BCUT2D eigenvalue weighted by atomic mass is 9.61. The van der Waals surface area contributed by atoms with Crippen LogP contribution in [0.5, 0.6) is 46.0 Å². The Bertz CT molecular complexity index is 2760. The van der Waals surface area contributed by atoms with Gasteiger partial charge >= 0.3 is 0 Å². The number of ether oxygens (including phenoxy) is 4. The van der Waals surface area contributed by atoms with Gasteiger partial charge in [-0.2, -0.15) is 8.42 Å². The van der Waals surface area contributed by atoms with E-state index in [9.17, 15) is 13.0 Å². The van der Waals surface area contributed by atoms with E-state index < -0.39 is 20.3 Å². The fourth-order valence-electron chi connectivity index (χ4n) is 7.87. The van der Waals surface area contributed by atoms with Crippen molar-refractivity contribution in [3.05, 3.63) is 216 Å². The Kier molecular flexibility index (Phi) is 11.4. The smallest absolute Gasteiger partial charge is 0.280 e. The van der Waals surface area contributed by atoms with Gasteiger partial charge in [-0.15, -0.1) is 0 Å². The van der Waals surface area contributed by atoms with Crippen molar-refractivity contribution in [1.82, 2.24) is 0 Å². The van der Waals surface area contributed by atoms with E-state index in [-0.39, 0.29) is 11.1 Å². The van der Waals surface area contributed by atoms with Gasteiger partial charge < -0.3 is 41.9 Å². The zero-order chi connectivity index (χ0) is 44.2. The normalized spacial score (nSPS) is 11.7. The Morgan fingerprint density at radius 1 is 0.365 bits per heavy atom. The maximum atomic E-state index is 14.9. The molecule has 0 bridgehead atoms. The molecule has 12 heteroatoms. The highest BCUT2D eigenvalue weighted by molar-refractivity contribution is 7.87. The van der Waals surface area contributed by atoms with Gasteiger partial charge in [-0.25, -0.2) is 0 Å². The summed E-state index contributed by atoms with van der Waals surface area (Å²) >= 11 is 0. The van der Waals surface area contributed by atoms with Crippen LogP contribution in [0, 0.1) is 0 Å². The van der Waals surface area contributed by atoms with E-state index in [4.69, 9.17) is 41.9 Å². The van der Waals surface area contributed by atoms with Crippen molar-refractivity contribution in [3.8, 4) is 46.0 Å². The average Bonchev–Trinajstić information content (AvgIpc) is 3.27. The van der Waals surface area contributed by atoms with E-state index in [1.54, 1.807) is 201 Å². The Balaban J connectivity index is 1.32. The zero-order valence-electron chi connectivity index (χ0n) is 34.1. The molecule has 0 radical (unpaired) electrons. The summed E-state index contributed by atoms with van der Waals surface area (Å²) < 4.78 is 64.3. The lowest BCUT2D eigenvalue weighted by Crippen LogP contribution is -2.54. The molecule has 0 amide bonds. The van der Waals surface area contributed by atoms with Crippen molar-refractivity contribution in [1.29, 1.82) is 0 Å². The van der Waals surface area contributed by atoms with Crippen molar-refractivity contribution >= 4 is 32.9 Å². The number of anilines is 4. The second-order valence-electron chi connectivity index (χ2n) is 15.1. The van der Waals surface area contributed by atoms with Crippen LogP contribution in [-0.2, 0) is 20.3 Å². The van der Waals surface area contributed by atoms with Gasteiger partial charge in [-0.3, -0.25) is 4.55 Å². The first-order valence-corrected chi connectivity index (χ1v) is 21.3. The molecule has 8 aromatic carbocycles. The highest BCUT2D eigenvalue weighted by Crippen LogP contribution is 2.56. The van der Waals surface area contributed by atoms with Crippen LogP contribution >= 0.6 is 0 Å². The van der Waals surface area contributed by atoms with Crippen LogP contribution in [0.4, 0.5) is 22.7 Å². The molecule has 0 aliphatic rings. The summed E-state index contributed by atoms with van der Waals surface area (Å²) in [6.07, 6.45) is 0. The number of rotatable bonds is 14.